The van der Waals surface area contributed by atoms with Crippen LogP contribution in [-0.4, -0.2) is 6.61 Å². The molecule has 0 spiro atoms. The minimum atomic E-state index is 0.489. The Balaban J connectivity index is 2.84. The van der Waals surface area contributed by atoms with Crippen LogP contribution < -0.4 is 4.74 Å². The van der Waals surface area contributed by atoms with Gasteiger partial charge in [0.25, 0.3) is 0 Å². The van der Waals surface area contributed by atoms with Crippen LogP contribution in [0.15, 0.2) is 30.9 Å². The Hall–Kier alpha value is -0.950. The van der Waals surface area contributed by atoms with Crippen molar-refractivity contribution < 1.29 is 4.74 Å². The molecule has 0 radical (unpaired) electrons. The summed E-state index contributed by atoms with van der Waals surface area (Å²) in [7, 11) is 0. The predicted octanol–water partition coefficient (Wildman–Crippen LogP) is 3.21. The fourth-order valence-corrected chi connectivity index (χ4v) is 1.06. The third-order valence-electron chi connectivity index (χ3n) is 1.51. The number of hydrogen-bond acceptors (Lipinski definition) is 1. The molecule has 2 heteroatoms. The summed E-state index contributed by atoms with van der Waals surface area (Å²) < 4.78 is 5.32. The highest BCUT2D eigenvalue weighted by Gasteiger charge is 2.01. The van der Waals surface area contributed by atoms with E-state index in [9.17, 15) is 0 Å². The number of hydrogen-bond donors (Lipinski definition) is 0. The zero-order valence-electron chi connectivity index (χ0n) is 7.01. The van der Waals surface area contributed by atoms with Crippen LogP contribution in [0.4, 0.5) is 0 Å². The van der Waals surface area contributed by atoms with Gasteiger partial charge < -0.3 is 4.74 Å². The fourth-order valence-electron chi connectivity index (χ4n) is 0.881. The van der Waals surface area contributed by atoms with Gasteiger partial charge in [0.1, 0.15) is 12.4 Å². The topological polar surface area (TPSA) is 9.23 Å². The van der Waals surface area contributed by atoms with Crippen LogP contribution in [0.3, 0.4) is 0 Å². The Morgan fingerprint density at radius 3 is 3.00 bits per heavy atom. The van der Waals surface area contributed by atoms with Gasteiger partial charge >= 0.3 is 0 Å². The lowest BCUT2D eigenvalue weighted by molar-refractivity contribution is 0.363. The molecule has 0 atom stereocenters. The van der Waals surface area contributed by atoms with Crippen molar-refractivity contribution in [1.29, 1.82) is 0 Å². The molecular weight excluding hydrogens is 172 g/mol. The number of ether oxygens (including phenoxy) is 1. The van der Waals surface area contributed by atoms with E-state index in [0.717, 1.165) is 11.3 Å². The summed E-state index contributed by atoms with van der Waals surface area (Å²) in [6.45, 7) is 6.00. The van der Waals surface area contributed by atoms with E-state index < -0.39 is 0 Å². The minimum absolute atomic E-state index is 0.489. The smallest absolute Gasteiger partial charge is 0.138 e. The number of benzene rings is 1. The van der Waals surface area contributed by atoms with Crippen LogP contribution in [0.2, 0.25) is 5.02 Å². The monoisotopic (exact) mass is 182 g/mol. The first-order valence-electron chi connectivity index (χ1n) is 3.74. The van der Waals surface area contributed by atoms with Crippen LogP contribution in [0.5, 0.6) is 5.75 Å². The summed E-state index contributed by atoms with van der Waals surface area (Å²) in [6.07, 6.45) is 1.69. The summed E-state index contributed by atoms with van der Waals surface area (Å²) in [6, 6.07) is 5.71. The number of rotatable bonds is 3. The lowest BCUT2D eigenvalue weighted by Gasteiger charge is -2.06. The lowest BCUT2D eigenvalue weighted by Crippen LogP contribution is -1.93. The molecular formula is C10H11ClO. The summed E-state index contributed by atoms with van der Waals surface area (Å²) in [5.41, 5.74) is 1.03. The molecule has 1 aromatic rings. The normalized spacial score (nSPS) is 9.50. The van der Waals surface area contributed by atoms with E-state index >= 15 is 0 Å². The van der Waals surface area contributed by atoms with E-state index in [1.165, 1.54) is 0 Å². The minimum Gasteiger partial charge on any atom is -0.488 e. The molecule has 0 aliphatic heterocycles. The summed E-state index contributed by atoms with van der Waals surface area (Å²) in [4.78, 5) is 0. The SMILES string of the molecule is C=CCOc1cccc(C)c1Cl. The van der Waals surface area contributed by atoms with Gasteiger partial charge in [-0.2, -0.15) is 0 Å². The Kier molecular flexibility index (Phi) is 3.18. The molecule has 0 heterocycles. The molecule has 1 nitrogen and oxygen atoms in total. The van der Waals surface area contributed by atoms with Crippen molar-refractivity contribution in [3.05, 3.63) is 41.4 Å². The van der Waals surface area contributed by atoms with Gasteiger partial charge in [0, 0.05) is 0 Å². The first kappa shape index (κ1) is 9.14. The van der Waals surface area contributed by atoms with E-state index in [4.69, 9.17) is 16.3 Å². The molecule has 0 fully saturated rings. The van der Waals surface area contributed by atoms with Gasteiger partial charge in [0.2, 0.25) is 0 Å². The van der Waals surface area contributed by atoms with Gasteiger partial charge in [-0.15, -0.1) is 0 Å². The highest BCUT2D eigenvalue weighted by Crippen LogP contribution is 2.27. The van der Waals surface area contributed by atoms with E-state index in [0.29, 0.717) is 11.6 Å². The van der Waals surface area contributed by atoms with Gasteiger partial charge in [-0.3, -0.25) is 0 Å². The van der Waals surface area contributed by atoms with Crippen molar-refractivity contribution in [3.8, 4) is 5.75 Å². The molecule has 0 unspecified atom stereocenters. The third kappa shape index (κ3) is 2.02. The second kappa shape index (κ2) is 4.17. The molecule has 0 aliphatic rings. The van der Waals surface area contributed by atoms with Crippen molar-refractivity contribution in [2.75, 3.05) is 6.61 Å². The van der Waals surface area contributed by atoms with Gasteiger partial charge in [-0.05, 0) is 18.6 Å². The van der Waals surface area contributed by atoms with Gasteiger partial charge in [-0.1, -0.05) is 36.4 Å². The number of aryl methyl sites for hydroxylation is 1. The predicted molar refractivity (Wildman–Crippen MR) is 51.9 cm³/mol. The summed E-state index contributed by atoms with van der Waals surface area (Å²) in [5.74, 6) is 0.719. The maximum Gasteiger partial charge on any atom is 0.138 e. The Labute approximate surface area is 77.6 Å². The molecule has 1 aromatic carbocycles. The van der Waals surface area contributed by atoms with Crippen LogP contribution in [0.1, 0.15) is 5.56 Å². The molecule has 0 N–H and O–H groups in total. The maximum absolute atomic E-state index is 5.97. The van der Waals surface area contributed by atoms with E-state index in [1.807, 2.05) is 25.1 Å². The Morgan fingerprint density at radius 2 is 2.33 bits per heavy atom. The molecule has 0 amide bonds. The highest BCUT2D eigenvalue weighted by atomic mass is 35.5. The Bertz CT molecular complexity index is 281. The average Bonchev–Trinajstić information content (AvgIpc) is 2.08. The van der Waals surface area contributed by atoms with E-state index in [1.54, 1.807) is 6.08 Å². The first-order chi connectivity index (χ1) is 5.75. The van der Waals surface area contributed by atoms with Gasteiger partial charge in [0.05, 0.1) is 5.02 Å². The highest BCUT2D eigenvalue weighted by molar-refractivity contribution is 6.32. The second-order valence-corrected chi connectivity index (χ2v) is 2.86. The molecule has 0 saturated heterocycles. The second-order valence-electron chi connectivity index (χ2n) is 2.49. The van der Waals surface area contributed by atoms with Gasteiger partial charge in [-0.25, -0.2) is 0 Å². The largest absolute Gasteiger partial charge is 0.488 e. The van der Waals surface area contributed by atoms with Crippen molar-refractivity contribution in [2.24, 2.45) is 0 Å². The quantitative estimate of drug-likeness (QED) is 0.653. The van der Waals surface area contributed by atoms with E-state index in [-0.39, 0.29) is 0 Å². The standard InChI is InChI=1S/C10H11ClO/c1-3-7-12-9-6-4-5-8(2)10(9)11/h3-6H,1,7H2,2H3. The van der Waals surface area contributed by atoms with Crippen molar-refractivity contribution >= 4 is 11.6 Å². The maximum atomic E-state index is 5.97. The third-order valence-corrected chi connectivity index (χ3v) is 2.00. The molecule has 64 valence electrons. The summed E-state index contributed by atoms with van der Waals surface area (Å²) in [5, 5.41) is 0.680. The number of halogens is 1. The van der Waals surface area contributed by atoms with Crippen molar-refractivity contribution in [1.82, 2.24) is 0 Å². The average molecular weight is 183 g/mol. The molecule has 12 heavy (non-hydrogen) atoms. The fraction of sp³-hybridized carbons (Fsp3) is 0.200. The van der Waals surface area contributed by atoms with Gasteiger partial charge in [0.15, 0.2) is 0 Å². The zero-order chi connectivity index (χ0) is 8.97. The summed E-state index contributed by atoms with van der Waals surface area (Å²) >= 11 is 5.97. The molecule has 0 aromatic heterocycles. The zero-order valence-corrected chi connectivity index (χ0v) is 7.77. The molecule has 0 bridgehead atoms. The van der Waals surface area contributed by atoms with Crippen molar-refractivity contribution in [2.45, 2.75) is 6.92 Å². The first-order valence-corrected chi connectivity index (χ1v) is 4.12. The van der Waals surface area contributed by atoms with Crippen molar-refractivity contribution in [3.63, 3.8) is 0 Å². The lowest BCUT2D eigenvalue weighted by atomic mass is 10.2. The molecule has 1 rings (SSSR count). The van der Waals surface area contributed by atoms with Crippen LogP contribution in [0.25, 0.3) is 0 Å². The van der Waals surface area contributed by atoms with Crippen LogP contribution in [0, 0.1) is 6.92 Å². The van der Waals surface area contributed by atoms with Crippen LogP contribution >= 0.6 is 11.6 Å². The molecule has 0 saturated carbocycles. The van der Waals surface area contributed by atoms with E-state index in [2.05, 4.69) is 6.58 Å². The Morgan fingerprint density at radius 1 is 1.58 bits per heavy atom. The van der Waals surface area contributed by atoms with Crippen LogP contribution in [-0.2, 0) is 0 Å². The molecule has 0 aliphatic carbocycles.